The van der Waals surface area contributed by atoms with Gasteiger partial charge in [0, 0.05) is 11.1 Å². The molecule has 124 valence electrons. The van der Waals surface area contributed by atoms with Gasteiger partial charge in [0.1, 0.15) is 5.75 Å². The number of benzene rings is 1. The molecule has 1 rings (SSSR count). The Morgan fingerprint density at radius 1 is 1.23 bits per heavy atom. The number of hydrogen-bond acceptors (Lipinski definition) is 3. The average Bonchev–Trinajstić information content (AvgIpc) is 2.39. The first-order valence-corrected chi connectivity index (χ1v) is 9.01. The van der Waals surface area contributed by atoms with Crippen LogP contribution in [0.5, 0.6) is 0 Å². The highest BCUT2D eigenvalue weighted by molar-refractivity contribution is 7.90. The molecule has 1 amide bonds. The normalized spacial score (nSPS) is 13.7. The minimum Gasteiger partial charge on any atom is -0.352 e. The molecule has 0 heterocycles. The molecule has 2 N–H and O–H groups in total. The number of halogens is 1. The van der Waals surface area contributed by atoms with Crippen LogP contribution in [-0.2, 0) is 21.2 Å². The van der Waals surface area contributed by atoms with E-state index in [0.29, 0.717) is 11.4 Å². The van der Waals surface area contributed by atoms with Gasteiger partial charge in [0.2, 0.25) is 15.9 Å². The Bertz CT molecular complexity index is 607. The van der Waals surface area contributed by atoms with E-state index < -0.39 is 21.7 Å². The number of sulfonamides is 1. The predicted octanol–water partition coefficient (Wildman–Crippen LogP) is 1.96. The van der Waals surface area contributed by atoms with Crippen molar-refractivity contribution in [1.29, 1.82) is 0 Å². The molecule has 1 unspecified atom stereocenters. The van der Waals surface area contributed by atoms with E-state index >= 15 is 0 Å². The Kier molecular flexibility index (Phi) is 6.40. The summed E-state index contributed by atoms with van der Waals surface area (Å²) in [5.74, 6) is -1.08. The van der Waals surface area contributed by atoms with Gasteiger partial charge in [0.05, 0.1) is 0 Å². The molecule has 0 aromatic heterocycles. The minimum atomic E-state index is -3.57. The van der Waals surface area contributed by atoms with E-state index in [9.17, 15) is 13.2 Å². The van der Waals surface area contributed by atoms with Crippen LogP contribution >= 0.6 is 11.6 Å². The summed E-state index contributed by atoms with van der Waals surface area (Å²) in [6.07, 6.45) is 0.603. The van der Waals surface area contributed by atoms with Crippen LogP contribution in [0.3, 0.4) is 0 Å². The number of rotatable bonds is 6. The molecule has 22 heavy (non-hydrogen) atoms. The van der Waals surface area contributed by atoms with E-state index in [2.05, 4.69) is 10.0 Å². The zero-order chi connectivity index (χ0) is 17.0. The summed E-state index contributed by atoms with van der Waals surface area (Å²) >= 11 is 5.87. The third-order valence-corrected chi connectivity index (χ3v) is 4.88. The van der Waals surface area contributed by atoms with Gasteiger partial charge in [-0.2, -0.15) is 0 Å². The van der Waals surface area contributed by atoms with E-state index in [-0.39, 0.29) is 11.5 Å². The highest BCUT2D eigenvalue weighted by Crippen LogP contribution is 2.23. The second-order valence-corrected chi connectivity index (χ2v) is 8.64. The maximum atomic E-state index is 12.0. The van der Waals surface area contributed by atoms with Crippen LogP contribution in [-0.4, -0.2) is 33.2 Å². The van der Waals surface area contributed by atoms with Gasteiger partial charge in [-0.25, -0.2) is 13.1 Å². The molecular weight excluding hydrogens is 324 g/mol. The maximum absolute atomic E-state index is 12.0. The molecular formula is C15H23ClN2O3S. The van der Waals surface area contributed by atoms with Crippen molar-refractivity contribution in [2.45, 2.75) is 33.2 Å². The van der Waals surface area contributed by atoms with Crippen molar-refractivity contribution in [3.8, 4) is 0 Å². The summed E-state index contributed by atoms with van der Waals surface area (Å²) in [5.41, 5.74) is 0.819. The SMILES string of the molecule is CNS(=O)(=O)CC(=O)NC(Cc1ccc(Cl)cc1)C(C)(C)C. The van der Waals surface area contributed by atoms with E-state index in [1.54, 1.807) is 12.1 Å². The summed E-state index contributed by atoms with van der Waals surface area (Å²) in [6, 6.07) is 7.20. The second-order valence-electron chi connectivity index (χ2n) is 6.28. The lowest BCUT2D eigenvalue weighted by molar-refractivity contribution is -0.120. The van der Waals surface area contributed by atoms with Crippen molar-refractivity contribution < 1.29 is 13.2 Å². The molecule has 1 aromatic carbocycles. The van der Waals surface area contributed by atoms with Crippen molar-refractivity contribution in [3.05, 3.63) is 34.9 Å². The summed E-state index contributed by atoms with van der Waals surface area (Å²) in [6.45, 7) is 6.00. The molecule has 7 heteroatoms. The first-order valence-electron chi connectivity index (χ1n) is 6.98. The van der Waals surface area contributed by atoms with Crippen molar-refractivity contribution in [2.24, 2.45) is 5.41 Å². The van der Waals surface area contributed by atoms with Crippen molar-refractivity contribution in [1.82, 2.24) is 10.0 Å². The molecule has 1 atom stereocenters. The fourth-order valence-corrected chi connectivity index (χ4v) is 2.61. The topological polar surface area (TPSA) is 75.3 Å². The Morgan fingerprint density at radius 3 is 2.23 bits per heavy atom. The van der Waals surface area contributed by atoms with E-state index in [1.807, 2.05) is 32.9 Å². The number of nitrogens with one attached hydrogen (secondary N) is 2. The Morgan fingerprint density at radius 2 is 1.77 bits per heavy atom. The molecule has 0 aliphatic carbocycles. The lowest BCUT2D eigenvalue weighted by Gasteiger charge is -2.31. The van der Waals surface area contributed by atoms with E-state index in [4.69, 9.17) is 11.6 Å². The van der Waals surface area contributed by atoms with Gasteiger partial charge in [0.15, 0.2) is 0 Å². The largest absolute Gasteiger partial charge is 0.352 e. The van der Waals surface area contributed by atoms with Crippen LogP contribution in [0.15, 0.2) is 24.3 Å². The molecule has 0 saturated heterocycles. The fourth-order valence-electron chi connectivity index (χ4n) is 1.91. The van der Waals surface area contributed by atoms with Crippen molar-refractivity contribution >= 4 is 27.5 Å². The molecule has 5 nitrogen and oxygen atoms in total. The lowest BCUT2D eigenvalue weighted by Crippen LogP contribution is -2.47. The lowest BCUT2D eigenvalue weighted by atomic mass is 9.83. The van der Waals surface area contributed by atoms with E-state index in [0.717, 1.165) is 5.56 Å². The average molecular weight is 347 g/mol. The summed E-state index contributed by atoms with van der Waals surface area (Å²) in [7, 11) is -2.28. The first kappa shape index (κ1) is 18.9. The van der Waals surface area contributed by atoms with Crippen LogP contribution in [0.2, 0.25) is 5.02 Å². The van der Waals surface area contributed by atoms with Gasteiger partial charge in [0.25, 0.3) is 0 Å². The Balaban J connectivity index is 2.82. The monoisotopic (exact) mass is 346 g/mol. The van der Waals surface area contributed by atoms with Crippen molar-refractivity contribution in [3.63, 3.8) is 0 Å². The zero-order valence-corrected chi connectivity index (χ0v) is 14.9. The maximum Gasteiger partial charge on any atom is 0.236 e. The molecule has 1 aromatic rings. The number of amides is 1. The highest BCUT2D eigenvalue weighted by atomic mass is 35.5. The Labute approximate surface area is 137 Å². The first-order chi connectivity index (χ1) is 10.0. The smallest absolute Gasteiger partial charge is 0.236 e. The molecule has 0 spiro atoms. The molecule has 0 fully saturated rings. The quantitative estimate of drug-likeness (QED) is 0.826. The number of carbonyl (C=O) groups excluding carboxylic acids is 1. The van der Waals surface area contributed by atoms with Crippen LogP contribution in [0.4, 0.5) is 0 Å². The third kappa shape index (κ3) is 6.34. The van der Waals surface area contributed by atoms with Gasteiger partial charge in [-0.3, -0.25) is 4.79 Å². The highest BCUT2D eigenvalue weighted by Gasteiger charge is 2.27. The van der Waals surface area contributed by atoms with Gasteiger partial charge in [-0.1, -0.05) is 44.5 Å². The summed E-state index contributed by atoms with van der Waals surface area (Å²) in [5, 5.41) is 3.47. The molecule has 0 aliphatic heterocycles. The fraction of sp³-hybridized carbons (Fsp3) is 0.533. The van der Waals surface area contributed by atoms with Gasteiger partial charge in [-0.05, 0) is 36.6 Å². The Hall–Kier alpha value is -1.11. The van der Waals surface area contributed by atoms with Crippen LogP contribution in [0.25, 0.3) is 0 Å². The van der Waals surface area contributed by atoms with Crippen LogP contribution in [0.1, 0.15) is 26.3 Å². The molecule has 0 saturated carbocycles. The van der Waals surface area contributed by atoms with Gasteiger partial charge in [-0.15, -0.1) is 0 Å². The van der Waals surface area contributed by atoms with Gasteiger partial charge < -0.3 is 5.32 Å². The zero-order valence-electron chi connectivity index (χ0n) is 13.3. The van der Waals surface area contributed by atoms with Crippen LogP contribution < -0.4 is 10.0 Å². The standard InChI is InChI=1S/C15H23ClN2O3S/c1-15(2,3)13(9-11-5-7-12(16)8-6-11)18-14(19)10-22(20,21)17-4/h5-8,13,17H,9-10H2,1-4H3,(H,18,19). The minimum absolute atomic E-state index is 0.187. The third-order valence-electron chi connectivity index (χ3n) is 3.37. The molecule has 0 radical (unpaired) electrons. The van der Waals surface area contributed by atoms with Gasteiger partial charge >= 0.3 is 0 Å². The summed E-state index contributed by atoms with van der Waals surface area (Å²) < 4.78 is 25.0. The van der Waals surface area contributed by atoms with Crippen molar-refractivity contribution in [2.75, 3.05) is 12.8 Å². The molecule has 0 aliphatic rings. The number of carbonyl (C=O) groups is 1. The van der Waals surface area contributed by atoms with E-state index in [1.165, 1.54) is 7.05 Å². The molecule has 0 bridgehead atoms. The number of hydrogen-bond donors (Lipinski definition) is 2. The second kappa shape index (κ2) is 7.44. The van der Waals surface area contributed by atoms with Crippen LogP contribution in [0, 0.1) is 5.41 Å². The predicted molar refractivity (Wildman–Crippen MR) is 89.4 cm³/mol. The summed E-state index contributed by atoms with van der Waals surface area (Å²) in [4.78, 5) is 12.0.